The molecule has 4 aromatic rings. The second-order valence-electron chi connectivity index (χ2n) is 5.42. The molecule has 0 bridgehead atoms. The zero-order chi connectivity index (χ0) is 15.6. The lowest BCUT2D eigenvalue weighted by molar-refractivity contribution is 1.15. The fourth-order valence-electron chi connectivity index (χ4n) is 2.84. The van der Waals surface area contributed by atoms with Gasteiger partial charge in [-0.05, 0) is 17.7 Å². The first-order chi connectivity index (χ1) is 11.3. The van der Waals surface area contributed by atoms with Crippen molar-refractivity contribution in [3.63, 3.8) is 0 Å². The number of nitrogens with zero attached hydrogens (tertiary/aromatic N) is 1. The van der Waals surface area contributed by atoms with Crippen molar-refractivity contribution in [3.8, 4) is 0 Å². The number of anilines is 1. The summed E-state index contributed by atoms with van der Waals surface area (Å²) in [5, 5.41) is 5.99. The van der Waals surface area contributed by atoms with Crippen molar-refractivity contribution in [1.82, 2.24) is 9.97 Å². The molecule has 0 aliphatic rings. The maximum atomic E-state index is 12.2. The summed E-state index contributed by atoms with van der Waals surface area (Å²) in [6, 6.07) is 19.8. The summed E-state index contributed by atoms with van der Waals surface area (Å²) in [7, 11) is 0. The highest BCUT2D eigenvalue weighted by atomic mass is 16.1. The molecule has 0 saturated heterocycles. The van der Waals surface area contributed by atoms with Crippen molar-refractivity contribution >= 4 is 27.5 Å². The third-order valence-corrected chi connectivity index (χ3v) is 3.95. The Labute approximate surface area is 132 Å². The van der Waals surface area contributed by atoms with Gasteiger partial charge in [-0.25, -0.2) is 4.98 Å². The highest BCUT2D eigenvalue weighted by molar-refractivity contribution is 6.10. The number of hydrogen-bond acceptors (Lipinski definition) is 3. The lowest BCUT2D eigenvalue weighted by atomic mass is 10.1. The van der Waals surface area contributed by atoms with Crippen molar-refractivity contribution in [2.24, 2.45) is 0 Å². The number of hydrogen-bond donors (Lipinski definition) is 2. The van der Waals surface area contributed by atoms with Gasteiger partial charge in [-0.15, -0.1) is 0 Å². The molecule has 23 heavy (non-hydrogen) atoms. The molecule has 2 aromatic carbocycles. The van der Waals surface area contributed by atoms with Crippen LogP contribution in [0.15, 0.2) is 71.7 Å². The first-order valence-electron chi connectivity index (χ1n) is 7.50. The summed E-state index contributed by atoms with van der Waals surface area (Å²) >= 11 is 0. The van der Waals surface area contributed by atoms with E-state index in [4.69, 9.17) is 0 Å². The molecule has 0 atom stereocenters. The molecule has 4 rings (SSSR count). The Bertz CT molecular complexity index is 1040. The van der Waals surface area contributed by atoms with E-state index < -0.39 is 0 Å². The van der Waals surface area contributed by atoms with Crippen LogP contribution < -0.4 is 10.9 Å². The molecule has 0 unspecified atom stereocenters. The molecule has 4 heteroatoms. The van der Waals surface area contributed by atoms with E-state index in [0.717, 1.165) is 16.5 Å². The molecule has 2 heterocycles. The van der Waals surface area contributed by atoms with E-state index in [1.165, 1.54) is 5.56 Å². The van der Waals surface area contributed by atoms with Gasteiger partial charge in [0.2, 0.25) is 0 Å². The Morgan fingerprint density at radius 3 is 2.48 bits per heavy atom. The second kappa shape index (κ2) is 5.57. The zero-order valence-corrected chi connectivity index (χ0v) is 12.4. The van der Waals surface area contributed by atoms with Crippen LogP contribution in [-0.2, 0) is 6.54 Å². The standard InChI is InChI=1S/C19H15N3O/c23-19-15-9-5-4-8-14(15)17-16(10-11-20-18(17)22-19)21-12-13-6-2-1-3-7-13/h1-11H,12H2,(H2,20,21,22,23). The van der Waals surface area contributed by atoms with Gasteiger partial charge in [0.15, 0.2) is 0 Å². The molecule has 2 N–H and O–H groups in total. The number of pyridine rings is 2. The summed E-state index contributed by atoms with van der Waals surface area (Å²) in [5.41, 5.74) is 2.66. The molecular weight excluding hydrogens is 286 g/mol. The number of rotatable bonds is 3. The van der Waals surface area contributed by atoms with E-state index >= 15 is 0 Å². The van der Waals surface area contributed by atoms with Crippen LogP contribution in [0, 0.1) is 0 Å². The molecule has 0 aliphatic heterocycles. The van der Waals surface area contributed by atoms with Crippen LogP contribution in [0.2, 0.25) is 0 Å². The molecule has 0 amide bonds. The van der Waals surface area contributed by atoms with Crippen LogP contribution in [0.3, 0.4) is 0 Å². The molecule has 0 fully saturated rings. The number of H-pyrrole nitrogens is 1. The van der Waals surface area contributed by atoms with Crippen molar-refractivity contribution in [1.29, 1.82) is 0 Å². The fourth-order valence-corrected chi connectivity index (χ4v) is 2.84. The van der Waals surface area contributed by atoms with Gasteiger partial charge in [-0.2, -0.15) is 0 Å². The Hall–Kier alpha value is -3.14. The third-order valence-electron chi connectivity index (χ3n) is 3.95. The minimum Gasteiger partial charge on any atom is -0.380 e. The van der Waals surface area contributed by atoms with Crippen molar-refractivity contribution in [2.45, 2.75) is 6.54 Å². The highest BCUT2D eigenvalue weighted by Gasteiger charge is 2.09. The van der Waals surface area contributed by atoms with E-state index in [-0.39, 0.29) is 5.56 Å². The largest absolute Gasteiger partial charge is 0.380 e. The van der Waals surface area contributed by atoms with Crippen LogP contribution in [-0.4, -0.2) is 9.97 Å². The molecule has 4 nitrogen and oxygen atoms in total. The van der Waals surface area contributed by atoms with Crippen LogP contribution in [0.25, 0.3) is 21.8 Å². The Balaban J connectivity index is 1.87. The monoisotopic (exact) mass is 301 g/mol. The van der Waals surface area contributed by atoms with Crippen LogP contribution >= 0.6 is 0 Å². The van der Waals surface area contributed by atoms with Gasteiger partial charge in [0, 0.05) is 34.6 Å². The molecule has 0 spiro atoms. The predicted octanol–water partition coefficient (Wildman–Crippen LogP) is 3.69. The lowest BCUT2D eigenvalue weighted by Gasteiger charge is -2.11. The van der Waals surface area contributed by atoms with Gasteiger partial charge in [0.25, 0.3) is 5.56 Å². The maximum Gasteiger partial charge on any atom is 0.257 e. The first kappa shape index (κ1) is 13.5. The van der Waals surface area contributed by atoms with E-state index in [2.05, 4.69) is 27.4 Å². The third kappa shape index (κ3) is 2.44. The summed E-state index contributed by atoms with van der Waals surface area (Å²) in [4.78, 5) is 19.3. The molecule has 0 aliphatic carbocycles. The van der Waals surface area contributed by atoms with Gasteiger partial charge in [-0.3, -0.25) is 4.79 Å². The SMILES string of the molecule is O=c1[nH]c2nccc(NCc3ccccc3)c2c2ccccc12. The predicted molar refractivity (Wildman–Crippen MR) is 93.6 cm³/mol. The minimum absolute atomic E-state index is 0.110. The molecule has 112 valence electrons. The normalized spacial score (nSPS) is 11.0. The van der Waals surface area contributed by atoms with Crippen molar-refractivity contribution in [2.75, 3.05) is 5.32 Å². The lowest BCUT2D eigenvalue weighted by Crippen LogP contribution is -2.08. The van der Waals surface area contributed by atoms with Gasteiger partial charge >= 0.3 is 0 Å². The van der Waals surface area contributed by atoms with Crippen molar-refractivity contribution < 1.29 is 0 Å². The average molecular weight is 301 g/mol. The summed E-state index contributed by atoms with van der Waals surface area (Å²) < 4.78 is 0. The summed E-state index contributed by atoms with van der Waals surface area (Å²) in [5.74, 6) is 0. The summed E-state index contributed by atoms with van der Waals surface area (Å²) in [6.07, 6.45) is 1.71. The number of benzene rings is 2. The van der Waals surface area contributed by atoms with Gasteiger partial charge in [0.1, 0.15) is 5.65 Å². The average Bonchev–Trinajstić information content (AvgIpc) is 2.61. The molecular formula is C19H15N3O. The number of aromatic nitrogens is 2. The minimum atomic E-state index is -0.110. The topological polar surface area (TPSA) is 57.8 Å². The van der Waals surface area contributed by atoms with Crippen LogP contribution in [0.1, 0.15) is 5.56 Å². The van der Waals surface area contributed by atoms with Crippen LogP contribution in [0.4, 0.5) is 5.69 Å². The Morgan fingerprint density at radius 2 is 1.65 bits per heavy atom. The maximum absolute atomic E-state index is 12.2. The highest BCUT2D eigenvalue weighted by Crippen LogP contribution is 2.27. The van der Waals surface area contributed by atoms with Crippen LogP contribution in [0.5, 0.6) is 0 Å². The van der Waals surface area contributed by atoms with Gasteiger partial charge in [-0.1, -0.05) is 48.5 Å². The second-order valence-corrected chi connectivity index (χ2v) is 5.42. The number of fused-ring (bicyclic) bond motifs is 3. The van der Waals surface area contributed by atoms with Crippen molar-refractivity contribution in [3.05, 3.63) is 82.8 Å². The fraction of sp³-hybridized carbons (Fsp3) is 0.0526. The van der Waals surface area contributed by atoms with Gasteiger partial charge in [0.05, 0.1) is 0 Å². The van der Waals surface area contributed by atoms with E-state index in [9.17, 15) is 4.79 Å². The Morgan fingerprint density at radius 1 is 0.913 bits per heavy atom. The molecule has 2 aromatic heterocycles. The smallest absolute Gasteiger partial charge is 0.257 e. The van der Waals surface area contributed by atoms with Gasteiger partial charge < -0.3 is 10.3 Å². The van der Waals surface area contributed by atoms with E-state index in [0.29, 0.717) is 17.6 Å². The quantitative estimate of drug-likeness (QED) is 0.567. The number of nitrogens with one attached hydrogen (secondary N) is 2. The zero-order valence-electron chi connectivity index (χ0n) is 12.4. The van der Waals surface area contributed by atoms with E-state index in [1.54, 1.807) is 6.20 Å². The number of aromatic amines is 1. The molecule has 0 saturated carbocycles. The first-order valence-corrected chi connectivity index (χ1v) is 7.50. The summed E-state index contributed by atoms with van der Waals surface area (Å²) in [6.45, 7) is 0.716. The molecule has 0 radical (unpaired) electrons. The Kier molecular flexibility index (Phi) is 3.27. The van der Waals surface area contributed by atoms with E-state index in [1.807, 2.05) is 48.5 Å².